The van der Waals surface area contributed by atoms with Crippen molar-refractivity contribution in [2.24, 2.45) is 5.10 Å². The Morgan fingerprint density at radius 3 is 2.64 bits per heavy atom. The van der Waals surface area contributed by atoms with Crippen LogP contribution in [0.2, 0.25) is 0 Å². The number of esters is 1. The number of nitrogens with one attached hydrogen (secondary N) is 1. The van der Waals surface area contributed by atoms with E-state index in [-0.39, 0.29) is 13.1 Å². The molecule has 2 aromatic rings. The van der Waals surface area contributed by atoms with Gasteiger partial charge in [0.05, 0.1) is 31.7 Å². The van der Waals surface area contributed by atoms with Crippen LogP contribution in [0.25, 0.3) is 11.3 Å². The van der Waals surface area contributed by atoms with Crippen LogP contribution in [0.5, 0.6) is 0 Å². The molecule has 0 spiro atoms. The Morgan fingerprint density at radius 1 is 1.15 bits per heavy atom. The fourth-order valence-corrected chi connectivity index (χ4v) is 3.28. The summed E-state index contributed by atoms with van der Waals surface area (Å²) in [6, 6.07) is 9.61. The summed E-state index contributed by atoms with van der Waals surface area (Å²) in [5.41, 5.74) is 3.38. The summed E-state index contributed by atoms with van der Waals surface area (Å²) < 4.78 is 16.0. The van der Waals surface area contributed by atoms with Crippen LogP contribution in [0.3, 0.4) is 0 Å². The average Bonchev–Trinajstić information content (AvgIpc) is 3.41. The van der Waals surface area contributed by atoms with Crippen LogP contribution in [-0.4, -0.2) is 90.3 Å². The van der Waals surface area contributed by atoms with Gasteiger partial charge in [-0.25, -0.2) is 14.7 Å². The molecule has 0 aliphatic carbocycles. The number of anilines is 1. The first-order valence-electron chi connectivity index (χ1n) is 10.3. The van der Waals surface area contributed by atoms with Gasteiger partial charge in [0.2, 0.25) is 0 Å². The number of ether oxygens (including phenoxy) is 2. The standard InChI is InChI=1S/C21H23N5O7/c27-19-12-26(21(29)25(19)14-32-20(28)13-24-7-9-31-10-8-24)22-11-17-5-6-18(33-17)15-1-3-16(23-30)4-2-15/h1-6,11,23,30H,7-10,12-14H2/b22-11+. The number of amides is 3. The Balaban J connectivity index is 1.30. The lowest BCUT2D eigenvalue weighted by molar-refractivity contribution is -0.151. The molecule has 0 saturated carbocycles. The first-order valence-corrected chi connectivity index (χ1v) is 10.3. The number of imide groups is 1. The van der Waals surface area contributed by atoms with Crippen LogP contribution in [0.4, 0.5) is 10.5 Å². The van der Waals surface area contributed by atoms with Gasteiger partial charge in [0.25, 0.3) is 5.91 Å². The molecular formula is C21H23N5O7. The molecule has 12 nitrogen and oxygen atoms in total. The third-order valence-corrected chi connectivity index (χ3v) is 5.10. The predicted octanol–water partition coefficient (Wildman–Crippen LogP) is 1.18. The van der Waals surface area contributed by atoms with Crippen molar-refractivity contribution in [2.45, 2.75) is 0 Å². The molecule has 2 N–H and O–H groups in total. The van der Waals surface area contributed by atoms with Gasteiger partial charge in [0.15, 0.2) is 6.73 Å². The van der Waals surface area contributed by atoms with Gasteiger partial charge in [-0.2, -0.15) is 5.10 Å². The quantitative estimate of drug-likeness (QED) is 0.259. The van der Waals surface area contributed by atoms with Crippen molar-refractivity contribution >= 4 is 29.8 Å². The number of hydrogen-bond acceptors (Lipinski definition) is 10. The highest BCUT2D eigenvalue weighted by Gasteiger charge is 2.37. The molecule has 3 amide bonds. The molecule has 33 heavy (non-hydrogen) atoms. The van der Waals surface area contributed by atoms with E-state index in [1.54, 1.807) is 36.4 Å². The molecule has 2 saturated heterocycles. The number of furan rings is 1. The zero-order valence-corrected chi connectivity index (χ0v) is 17.7. The number of hydrogen-bond donors (Lipinski definition) is 2. The maximum absolute atomic E-state index is 12.5. The van der Waals surface area contributed by atoms with E-state index in [1.807, 2.05) is 4.90 Å². The smallest absolute Gasteiger partial charge is 0.350 e. The third kappa shape index (κ3) is 5.55. The molecule has 174 valence electrons. The summed E-state index contributed by atoms with van der Waals surface area (Å²) in [5.74, 6) is -0.0945. The predicted molar refractivity (Wildman–Crippen MR) is 114 cm³/mol. The molecule has 1 aromatic heterocycles. The summed E-state index contributed by atoms with van der Waals surface area (Å²) in [5, 5.41) is 13.9. The van der Waals surface area contributed by atoms with E-state index in [4.69, 9.17) is 19.1 Å². The minimum absolute atomic E-state index is 0.0709. The fourth-order valence-electron chi connectivity index (χ4n) is 3.28. The van der Waals surface area contributed by atoms with Crippen molar-refractivity contribution in [1.82, 2.24) is 14.8 Å². The minimum Gasteiger partial charge on any atom is -0.455 e. The monoisotopic (exact) mass is 457 g/mol. The van der Waals surface area contributed by atoms with E-state index >= 15 is 0 Å². The van der Waals surface area contributed by atoms with Gasteiger partial charge in [-0.3, -0.25) is 25.2 Å². The van der Waals surface area contributed by atoms with E-state index in [0.717, 1.165) is 15.5 Å². The van der Waals surface area contributed by atoms with Gasteiger partial charge in [0, 0.05) is 18.7 Å². The first-order chi connectivity index (χ1) is 16.0. The Bertz CT molecular complexity index is 1030. The van der Waals surface area contributed by atoms with Gasteiger partial charge < -0.3 is 13.9 Å². The van der Waals surface area contributed by atoms with E-state index in [0.29, 0.717) is 43.5 Å². The van der Waals surface area contributed by atoms with Crippen LogP contribution in [0.15, 0.2) is 45.9 Å². The second-order valence-corrected chi connectivity index (χ2v) is 7.33. The molecule has 0 radical (unpaired) electrons. The summed E-state index contributed by atoms with van der Waals surface area (Å²) in [6.07, 6.45) is 1.33. The average molecular weight is 457 g/mol. The number of urea groups is 1. The van der Waals surface area contributed by atoms with Gasteiger partial charge in [0.1, 0.15) is 18.1 Å². The zero-order valence-electron chi connectivity index (χ0n) is 17.7. The molecule has 0 unspecified atom stereocenters. The van der Waals surface area contributed by atoms with Crippen LogP contribution in [0, 0.1) is 0 Å². The van der Waals surface area contributed by atoms with Crippen molar-refractivity contribution in [3.8, 4) is 11.3 Å². The van der Waals surface area contributed by atoms with E-state index in [1.165, 1.54) is 6.21 Å². The van der Waals surface area contributed by atoms with Crippen molar-refractivity contribution in [3.05, 3.63) is 42.2 Å². The zero-order chi connectivity index (χ0) is 23.2. The van der Waals surface area contributed by atoms with E-state index in [9.17, 15) is 14.4 Å². The topological polar surface area (TPSA) is 137 Å². The molecule has 2 fully saturated rings. The molecule has 1 aromatic carbocycles. The first kappa shape index (κ1) is 22.5. The Kier molecular flexibility index (Phi) is 6.98. The van der Waals surface area contributed by atoms with Gasteiger partial charge >= 0.3 is 12.0 Å². The van der Waals surface area contributed by atoms with Crippen LogP contribution in [0.1, 0.15) is 5.76 Å². The van der Waals surface area contributed by atoms with Crippen molar-refractivity contribution < 1.29 is 33.5 Å². The minimum atomic E-state index is -0.686. The largest absolute Gasteiger partial charge is 0.455 e. The molecule has 12 heteroatoms. The van der Waals surface area contributed by atoms with Gasteiger partial charge in [-0.05, 0) is 36.4 Å². The van der Waals surface area contributed by atoms with Crippen LogP contribution in [-0.2, 0) is 19.1 Å². The maximum atomic E-state index is 12.5. The van der Waals surface area contributed by atoms with Crippen molar-refractivity contribution in [2.75, 3.05) is 51.6 Å². The number of rotatable bonds is 8. The van der Waals surface area contributed by atoms with E-state index in [2.05, 4.69) is 10.6 Å². The summed E-state index contributed by atoms with van der Waals surface area (Å²) in [7, 11) is 0. The molecule has 3 heterocycles. The lowest BCUT2D eigenvalue weighted by atomic mass is 10.1. The highest BCUT2D eigenvalue weighted by molar-refractivity contribution is 6.02. The van der Waals surface area contributed by atoms with Crippen LogP contribution >= 0.6 is 0 Å². The molecule has 2 aliphatic heterocycles. The Labute approximate surface area is 188 Å². The number of carbonyl (C=O) groups is 3. The SMILES string of the molecule is O=C(CN1CCOCC1)OCN1C(=O)CN(/N=C/c2ccc(-c3ccc(NO)cc3)o2)C1=O. The number of morpholine rings is 1. The number of carbonyl (C=O) groups excluding carboxylic acids is 3. The number of hydrazone groups is 1. The van der Waals surface area contributed by atoms with Crippen LogP contribution < -0.4 is 5.48 Å². The Morgan fingerprint density at radius 2 is 1.91 bits per heavy atom. The second-order valence-electron chi connectivity index (χ2n) is 7.33. The normalized spacial score (nSPS) is 17.2. The molecule has 4 rings (SSSR count). The van der Waals surface area contributed by atoms with Gasteiger partial charge in [-0.15, -0.1) is 0 Å². The van der Waals surface area contributed by atoms with E-state index < -0.39 is 24.6 Å². The lowest BCUT2D eigenvalue weighted by Gasteiger charge is -2.25. The maximum Gasteiger partial charge on any atom is 0.350 e. The second kappa shape index (κ2) is 10.3. The highest BCUT2D eigenvalue weighted by Crippen LogP contribution is 2.23. The lowest BCUT2D eigenvalue weighted by Crippen LogP contribution is -2.41. The van der Waals surface area contributed by atoms with Crippen molar-refractivity contribution in [1.29, 1.82) is 0 Å². The Hall–Kier alpha value is -3.74. The fraction of sp³-hybridized carbons (Fsp3) is 0.333. The summed E-state index contributed by atoms with van der Waals surface area (Å²) >= 11 is 0. The summed E-state index contributed by atoms with van der Waals surface area (Å²) in [6.45, 7) is 1.69. The van der Waals surface area contributed by atoms with Crippen molar-refractivity contribution in [3.63, 3.8) is 0 Å². The summed E-state index contributed by atoms with van der Waals surface area (Å²) in [4.78, 5) is 39.4. The number of benzene rings is 1. The molecule has 0 atom stereocenters. The molecule has 2 aliphatic rings. The highest BCUT2D eigenvalue weighted by atomic mass is 16.5. The molecular weight excluding hydrogens is 434 g/mol. The number of nitrogens with zero attached hydrogens (tertiary/aromatic N) is 4. The third-order valence-electron chi connectivity index (χ3n) is 5.10. The van der Waals surface area contributed by atoms with Gasteiger partial charge in [-0.1, -0.05) is 0 Å². The molecule has 0 bridgehead atoms.